The van der Waals surface area contributed by atoms with Crippen LogP contribution < -0.4 is 16.7 Å². The predicted octanol–water partition coefficient (Wildman–Crippen LogP) is 0.684. The second-order valence-corrected chi connectivity index (χ2v) is 5.00. The molecule has 0 aliphatic heterocycles. The first-order valence-corrected chi connectivity index (χ1v) is 6.83. The van der Waals surface area contributed by atoms with E-state index in [4.69, 9.17) is 5.73 Å². The van der Waals surface area contributed by atoms with E-state index >= 15 is 0 Å². The zero-order valence-electron chi connectivity index (χ0n) is 11.1. The van der Waals surface area contributed by atoms with Gasteiger partial charge in [0.15, 0.2) is 5.16 Å². The van der Waals surface area contributed by atoms with Crippen LogP contribution in [0.4, 0.5) is 5.69 Å². The maximum absolute atomic E-state index is 11.5. The first kappa shape index (κ1) is 14.2. The van der Waals surface area contributed by atoms with E-state index in [1.165, 1.54) is 16.3 Å². The number of nitrogens with two attached hydrogens (primary N) is 1. The van der Waals surface area contributed by atoms with Crippen LogP contribution in [0.5, 0.6) is 0 Å². The quantitative estimate of drug-likeness (QED) is 0.719. The summed E-state index contributed by atoms with van der Waals surface area (Å²) in [6, 6.07) is 5.02. The monoisotopic (exact) mass is 293 g/mol. The van der Waals surface area contributed by atoms with Gasteiger partial charge in [-0.2, -0.15) is 0 Å². The number of hydrogen-bond acceptors (Lipinski definition) is 5. The molecule has 0 unspecified atom stereocenters. The fraction of sp³-hybridized carbons (Fsp3) is 0.250. The summed E-state index contributed by atoms with van der Waals surface area (Å²) in [6.45, 7) is 2.38. The lowest BCUT2D eigenvalue weighted by Gasteiger charge is -2.07. The highest BCUT2D eigenvalue weighted by molar-refractivity contribution is 7.99. The molecule has 1 aromatic heterocycles. The summed E-state index contributed by atoms with van der Waals surface area (Å²) in [4.78, 5) is 23.7. The molecule has 0 fully saturated rings. The normalized spacial score (nSPS) is 10.5. The average Bonchev–Trinajstić information content (AvgIpc) is 2.80. The van der Waals surface area contributed by atoms with Gasteiger partial charge in [0.1, 0.15) is 0 Å². The molecule has 0 radical (unpaired) electrons. The van der Waals surface area contributed by atoms with E-state index in [2.05, 4.69) is 15.5 Å². The van der Waals surface area contributed by atoms with Crippen LogP contribution in [0, 0.1) is 0 Å². The average molecular weight is 293 g/mol. The van der Waals surface area contributed by atoms with Crippen LogP contribution in [0.3, 0.4) is 0 Å². The molecule has 0 aliphatic rings. The number of nitrogen functional groups attached to an aromatic ring is 1. The minimum atomic E-state index is -0.254. The van der Waals surface area contributed by atoms with Gasteiger partial charge in [-0.05, 0) is 36.9 Å². The molecule has 2 rings (SSSR count). The number of amides is 1. The highest BCUT2D eigenvalue weighted by atomic mass is 32.2. The molecule has 1 aromatic carbocycles. The van der Waals surface area contributed by atoms with Crippen LogP contribution in [-0.2, 0) is 6.54 Å². The Morgan fingerprint density at radius 2 is 2.30 bits per heavy atom. The molecule has 0 aliphatic carbocycles. The first-order chi connectivity index (χ1) is 9.56. The summed E-state index contributed by atoms with van der Waals surface area (Å²) < 4.78 is 1.51. The Balaban J connectivity index is 2.30. The summed E-state index contributed by atoms with van der Waals surface area (Å²) in [5.74, 6) is -0.196. The van der Waals surface area contributed by atoms with Crippen LogP contribution in [0.1, 0.15) is 17.3 Å². The van der Waals surface area contributed by atoms with Crippen LogP contribution in [0.25, 0.3) is 0 Å². The number of H-pyrrole nitrogens is 1. The summed E-state index contributed by atoms with van der Waals surface area (Å²) in [6.07, 6.45) is 0. The maximum atomic E-state index is 11.5. The third-order valence-corrected chi connectivity index (χ3v) is 3.83. The largest absolute Gasteiger partial charge is 0.398 e. The molecular formula is C12H15N5O2S. The number of benzene rings is 1. The standard InChI is InChI=1S/C12H15N5O2S/c1-3-17-11(19)15-16-12(17)20-9-5-4-7(6-8(9)13)10(18)14-2/h4-6H,3,13H2,1-2H3,(H,14,18)(H,15,19). The van der Waals surface area contributed by atoms with Gasteiger partial charge in [-0.25, -0.2) is 9.89 Å². The number of nitrogens with zero attached hydrogens (tertiary/aromatic N) is 2. The summed E-state index contributed by atoms with van der Waals surface area (Å²) in [7, 11) is 1.56. The lowest BCUT2D eigenvalue weighted by Crippen LogP contribution is -2.18. The zero-order valence-corrected chi connectivity index (χ0v) is 12.0. The Morgan fingerprint density at radius 1 is 1.55 bits per heavy atom. The van der Waals surface area contributed by atoms with Crippen molar-refractivity contribution >= 4 is 23.4 Å². The van der Waals surface area contributed by atoms with E-state index in [-0.39, 0.29) is 11.6 Å². The predicted molar refractivity (Wildman–Crippen MR) is 76.9 cm³/mol. The number of carbonyl (C=O) groups excluding carboxylic acids is 1. The van der Waals surface area contributed by atoms with E-state index < -0.39 is 0 Å². The van der Waals surface area contributed by atoms with Crippen molar-refractivity contribution in [3.8, 4) is 0 Å². The van der Waals surface area contributed by atoms with Gasteiger partial charge >= 0.3 is 5.69 Å². The molecule has 1 heterocycles. The van der Waals surface area contributed by atoms with Crippen molar-refractivity contribution in [3.05, 3.63) is 34.2 Å². The minimum absolute atomic E-state index is 0.196. The first-order valence-electron chi connectivity index (χ1n) is 6.01. The van der Waals surface area contributed by atoms with Crippen LogP contribution in [0.2, 0.25) is 0 Å². The minimum Gasteiger partial charge on any atom is -0.398 e. The Kier molecular flexibility index (Phi) is 4.14. The number of carbonyl (C=O) groups is 1. The zero-order chi connectivity index (χ0) is 14.7. The Hall–Kier alpha value is -2.22. The number of rotatable bonds is 4. The summed E-state index contributed by atoms with van der Waals surface area (Å²) in [5, 5.41) is 9.42. The lowest BCUT2D eigenvalue weighted by molar-refractivity contribution is 0.0963. The third kappa shape index (κ3) is 2.69. The fourth-order valence-electron chi connectivity index (χ4n) is 1.69. The molecule has 20 heavy (non-hydrogen) atoms. The number of anilines is 1. The molecule has 7 nitrogen and oxygen atoms in total. The molecule has 8 heteroatoms. The van der Waals surface area contributed by atoms with E-state index in [0.717, 1.165) is 4.90 Å². The van der Waals surface area contributed by atoms with Gasteiger partial charge in [0.05, 0.1) is 0 Å². The van der Waals surface area contributed by atoms with Gasteiger partial charge in [-0.1, -0.05) is 0 Å². The van der Waals surface area contributed by atoms with Crippen molar-refractivity contribution in [2.24, 2.45) is 0 Å². The molecule has 0 atom stereocenters. The Morgan fingerprint density at radius 3 is 2.90 bits per heavy atom. The number of nitrogens with one attached hydrogen (secondary N) is 2. The van der Waals surface area contributed by atoms with Gasteiger partial charge < -0.3 is 11.1 Å². The fourth-order valence-corrected chi connectivity index (χ4v) is 2.61. The van der Waals surface area contributed by atoms with Gasteiger partial charge in [-0.15, -0.1) is 5.10 Å². The van der Waals surface area contributed by atoms with Crippen molar-refractivity contribution in [3.63, 3.8) is 0 Å². The van der Waals surface area contributed by atoms with E-state index in [0.29, 0.717) is 23.0 Å². The van der Waals surface area contributed by atoms with E-state index in [9.17, 15) is 9.59 Å². The molecule has 1 amide bonds. The van der Waals surface area contributed by atoms with Crippen molar-refractivity contribution < 1.29 is 4.79 Å². The molecule has 0 bridgehead atoms. The second-order valence-electron chi connectivity index (χ2n) is 3.99. The number of hydrogen-bond donors (Lipinski definition) is 3. The van der Waals surface area contributed by atoms with Crippen molar-refractivity contribution in [2.75, 3.05) is 12.8 Å². The topological polar surface area (TPSA) is 106 Å². The van der Waals surface area contributed by atoms with Crippen molar-refractivity contribution in [2.45, 2.75) is 23.5 Å². The SMILES string of the molecule is CCn1c(Sc2ccc(C(=O)NC)cc2N)n[nH]c1=O. The number of aromatic amines is 1. The van der Waals surface area contributed by atoms with E-state index in [1.54, 1.807) is 25.2 Å². The molecule has 0 saturated carbocycles. The molecule has 0 spiro atoms. The molecule has 0 saturated heterocycles. The van der Waals surface area contributed by atoms with Crippen molar-refractivity contribution in [1.82, 2.24) is 20.1 Å². The van der Waals surface area contributed by atoms with Gasteiger partial charge in [0.2, 0.25) is 0 Å². The summed E-state index contributed by atoms with van der Waals surface area (Å²) in [5.41, 5.74) is 6.64. The maximum Gasteiger partial charge on any atom is 0.343 e. The van der Waals surface area contributed by atoms with Crippen molar-refractivity contribution in [1.29, 1.82) is 0 Å². The molecule has 2 aromatic rings. The highest BCUT2D eigenvalue weighted by Gasteiger charge is 2.12. The van der Waals surface area contributed by atoms with Gasteiger partial charge in [-0.3, -0.25) is 9.36 Å². The Bertz CT molecular complexity index is 691. The second kappa shape index (κ2) is 5.83. The number of aromatic nitrogens is 3. The van der Waals surface area contributed by atoms with Gasteiger partial charge in [0.25, 0.3) is 5.91 Å². The molecular weight excluding hydrogens is 278 g/mol. The smallest absolute Gasteiger partial charge is 0.343 e. The van der Waals surface area contributed by atoms with Crippen LogP contribution in [-0.4, -0.2) is 27.7 Å². The van der Waals surface area contributed by atoms with E-state index in [1.807, 2.05) is 6.92 Å². The van der Waals surface area contributed by atoms with Crippen LogP contribution in [0.15, 0.2) is 33.0 Å². The van der Waals surface area contributed by atoms with Crippen LogP contribution >= 0.6 is 11.8 Å². The molecule has 4 N–H and O–H groups in total. The molecule has 106 valence electrons. The van der Waals surface area contributed by atoms with Gasteiger partial charge in [0, 0.05) is 29.7 Å². The summed E-state index contributed by atoms with van der Waals surface area (Å²) >= 11 is 1.28. The lowest BCUT2D eigenvalue weighted by atomic mass is 10.2. The highest BCUT2D eigenvalue weighted by Crippen LogP contribution is 2.30. The Labute approximate surface area is 119 Å². The third-order valence-electron chi connectivity index (χ3n) is 2.74.